The first-order chi connectivity index (χ1) is 15.7. The fourth-order valence-corrected chi connectivity index (χ4v) is 3.03. The standard InChI is InChI=1S/C24H23N3O5/c1-29-22-11-18(7-9-20(22)30-15-17-5-3-2-4-6-17)13-26-27-24(28)14-25-19-8-10-21-23(12-19)32-16-31-21/h2-13,25H,14-16H2,1H3,(H,27,28)/b26-13-. The van der Waals surface area contributed by atoms with Crippen molar-refractivity contribution in [2.24, 2.45) is 5.10 Å². The minimum Gasteiger partial charge on any atom is -0.493 e. The number of carbonyl (C=O) groups is 1. The molecule has 0 fully saturated rings. The third kappa shape index (κ3) is 5.48. The third-order valence-corrected chi connectivity index (χ3v) is 4.65. The van der Waals surface area contributed by atoms with Crippen molar-refractivity contribution in [3.8, 4) is 23.0 Å². The summed E-state index contributed by atoms with van der Waals surface area (Å²) in [6, 6.07) is 20.7. The van der Waals surface area contributed by atoms with Gasteiger partial charge in [-0.3, -0.25) is 4.79 Å². The second kappa shape index (κ2) is 10.2. The fraction of sp³-hybridized carbons (Fsp3) is 0.167. The molecule has 0 aliphatic carbocycles. The number of ether oxygens (including phenoxy) is 4. The van der Waals surface area contributed by atoms with Crippen molar-refractivity contribution in [3.63, 3.8) is 0 Å². The van der Waals surface area contributed by atoms with Crippen molar-refractivity contribution in [1.29, 1.82) is 0 Å². The highest BCUT2D eigenvalue weighted by molar-refractivity contribution is 5.85. The van der Waals surface area contributed by atoms with Crippen LogP contribution in [0.4, 0.5) is 5.69 Å². The Kier molecular flexibility index (Phi) is 6.72. The molecule has 1 heterocycles. The van der Waals surface area contributed by atoms with Gasteiger partial charge in [0.15, 0.2) is 23.0 Å². The summed E-state index contributed by atoms with van der Waals surface area (Å²) in [5.41, 5.74) is 5.08. The maximum Gasteiger partial charge on any atom is 0.259 e. The smallest absolute Gasteiger partial charge is 0.259 e. The molecule has 2 N–H and O–H groups in total. The molecule has 8 nitrogen and oxygen atoms in total. The van der Waals surface area contributed by atoms with Crippen molar-refractivity contribution in [1.82, 2.24) is 5.43 Å². The van der Waals surface area contributed by atoms with Gasteiger partial charge < -0.3 is 24.3 Å². The Bertz CT molecular complexity index is 1100. The molecule has 4 rings (SSSR count). The van der Waals surface area contributed by atoms with Gasteiger partial charge in [-0.2, -0.15) is 5.10 Å². The number of anilines is 1. The number of nitrogens with one attached hydrogen (secondary N) is 2. The van der Waals surface area contributed by atoms with Crippen LogP contribution in [0.15, 0.2) is 71.8 Å². The monoisotopic (exact) mass is 433 g/mol. The lowest BCUT2D eigenvalue weighted by atomic mass is 10.2. The molecule has 1 aliphatic rings. The molecular formula is C24H23N3O5. The summed E-state index contributed by atoms with van der Waals surface area (Å²) in [6.45, 7) is 0.711. The SMILES string of the molecule is COc1cc(/C=N\NC(=O)CNc2ccc3c(c2)OCO3)ccc1OCc1ccccc1. The highest BCUT2D eigenvalue weighted by Crippen LogP contribution is 2.34. The second-order valence-electron chi connectivity index (χ2n) is 6.90. The number of hydrogen-bond acceptors (Lipinski definition) is 7. The Balaban J connectivity index is 1.27. The third-order valence-electron chi connectivity index (χ3n) is 4.65. The number of fused-ring (bicyclic) bond motifs is 1. The van der Waals surface area contributed by atoms with Gasteiger partial charge in [0.2, 0.25) is 6.79 Å². The first-order valence-electron chi connectivity index (χ1n) is 10.0. The summed E-state index contributed by atoms with van der Waals surface area (Å²) in [5.74, 6) is 2.27. The highest BCUT2D eigenvalue weighted by atomic mass is 16.7. The van der Waals surface area contributed by atoms with Gasteiger partial charge >= 0.3 is 0 Å². The van der Waals surface area contributed by atoms with Crippen LogP contribution in [-0.2, 0) is 11.4 Å². The molecule has 3 aromatic carbocycles. The lowest BCUT2D eigenvalue weighted by molar-refractivity contribution is -0.119. The molecule has 0 atom stereocenters. The number of rotatable bonds is 9. The molecule has 3 aromatic rings. The largest absolute Gasteiger partial charge is 0.493 e. The Morgan fingerprint density at radius 3 is 2.72 bits per heavy atom. The second-order valence-corrected chi connectivity index (χ2v) is 6.90. The molecule has 1 amide bonds. The molecule has 8 heteroatoms. The maximum atomic E-state index is 12.0. The zero-order valence-corrected chi connectivity index (χ0v) is 17.5. The number of amides is 1. The average molecular weight is 433 g/mol. The zero-order valence-electron chi connectivity index (χ0n) is 17.5. The molecule has 1 aliphatic heterocycles. The van der Waals surface area contributed by atoms with E-state index in [0.717, 1.165) is 16.8 Å². The van der Waals surface area contributed by atoms with Crippen LogP contribution in [0, 0.1) is 0 Å². The van der Waals surface area contributed by atoms with Gasteiger partial charge in [-0.15, -0.1) is 0 Å². The molecule has 0 aromatic heterocycles. The van der Waals surface area contributed by atoms with E-state index in [9.17, 15) is 4.79 Å². The van der Waals surface area contributed by atoms with E-state index < -0.39 is 0 Å². The summed E-state index contributed by atoms with van der Waals surface area (Å²) >= 11 is 0. The van der Waals surface area contributed by atoms with E-state index in [2.05, 4.69) is 15.8 Å². The van der Waals surface area contributed by atoms with E-state index >= 15 is 0 Å². The topological polar surface area (TPSA) is 90.4 Å². The van der Waals surface area contributed by atoms with Crippen molar-refractivity contribution < 1.29 is 23.7 Å². The number of methoxy groups -OCH3 is 1. The predicted molar refractivity (Wildman–Crippen MR) is 121 cm³/mol. The summed E-state index contributed by atoms with van der Waals surface area (Å²) in [4.78, 5) is 12.0. The van der Waals surface area contributed by atoms with Gasteiger partial charge in [-0.05, 0) is 41.5 Å². The summed E-state index contributed by atoms with van der Waals surface area (Å²) < 4.78 is 21.9. The van der Waals surface area contributed by atoms with Crippen LogP contribution in [0.25, 0.3) is 0 Å². The maximum absolute atomic E-state index is 12.0. The van der Waals surface area contributed by atoms with E-state index in [1.165, 1.54) is 0 Å². The lowest BCUT2D eigenvalue weighted by Gasteiger charge is -2.11. The van der Waals surface area contributed by atoms with Crippen molar-refractivity contribution in [2.45, 2.75) is 6.61 Å². The number of carbonyl (C=O) groups excluding carboxylic acids is 1. The van der Waals surface area contributed by atoms with E-state index in [1.807, 2.05) is 48.5 Å². The van der Waals surface area contributed by atoms with Gasteiger partial charge in [0.25, 0.3) is 5.91 Å². The molecule has 32 heavy (non-hydrogen) atoms. The first kappa shape index (κ1) is 21.0. The minimum atomic E-state index is -0.284. The normalized spacial score (nSPS) is 11.9. The average Bonchev–Trinajstić information content (AvgIpc) is 3.30. The van der Waals surface area contributed by atoms with E-state index in [0.29, 0.717) is 29.6 Å². The molecule has 0 saturated heterocycles. The van der Waals surface area contributed by atoms with Gasteiger partial charge in [-0.1, -0.05) is 30.3 Å². The van der Waals surface area contributed by atoms with Gasteiger partial charge in [-0.25, -0.2) is 5.43 Å². The molecule has 0 unspecified atom stereocenters. The molecule has 0 radical (unpaired) electrons. The molecular weight excluding hydrogens is 410 g/mol. The summed E-state index contributed by atoms with van der Waals surface area (Å²) in [6.07, 6.45) is 1.54. The molecule has 164 valence electrons. The van der Waals surface area contributed by atoms with Crippen molar-refractivity contribution in [3.05, 3.63) is 77.9 Å². The predicted octanol–water partition coefficient (Wildman–Crippen LogP) is 3.57. The Hall–Kier alpha value is -4.20. The van der Waals surface area contributed by atoms with Crippen LogP contribution in [0.1, 0.15) is 11.1 Å². The van der Waals surface area contributed by atoms with Crippen LogP contribution in [-0.4, -0.2) is 32.6 Å². The van der Waals surface area contributed by atoms with Crippen LogP contribution >= 0.6 is 0 Å². The van der Waals surface area contributed by atoms with Gasteiger partial charge in [0.1, 0.15) is 6.61 Å². The number of hydrazone groups is 1. The minimum absolute atomic E-state index is 0.0621. The number of hydrogen-bond donors (Lipinski definition) is 2. The fourth-order valence-electron chi connectivity index (χ4n) is 3.03. The Morgan fingerprint density at radius 2 is 1.88 bits per heavy atom. The molecule has 0 spiro atoms. The lowest BCUT2D eigenvalue weighted by Crippen LogP contribution is -2.25. The van der Waals surface area contributed by atoms with Crippen molar-refractivity contribution >= 4 is 17.8 Å². The van der Waals surface area contributed by atoms with Crippen LogP contribution in [0.3, 0.4) is 0 Å². The Morgan fingerprint density at radius 1 is 1.03 bits per heavy atom. The zero-order chi connectivity index (χ0) is 22.2. The number of benzene rings is 3. The summed E-state index contributed by atoms with van der Waals surface area (Å²) in [5, 5.41) is 7.02. The molecule has 0 bridgehead atoms. The van der Waals surface area contributed by atoms with Crippen LogP contribution in [0.5, 0.6) is 23.0 Å². The van der Waals surface area contributed by atoms with E-state index in [-0.39, 0.29) is 19.2 Å². The highest BCUT2D eigenvalue weighted by Gasteiger charge is 2.13. The van der Waals surface area contributed by atoms with E-state index in [4.69, 9.17) is 18.9 Å². The first-order valence-corrected chi connectivity index (χ1v) is 10.0. The van der Waals surface area contributed by atoms with Gasteiger partial charge in [0.05, 0.1) is 19.9 Å². The Labute approximate surface area is 185 Å². The van der Waals surface area contributed by atoms with Crippen LogP contribution < -0.4 is 29.7 Å². The quantitative estimate of drug-likeness (QED) is 0.396. The van der Waals surface area contributed by atoms with Crippen LogP contribution in [0.2, 0.25) is 0 Å². The van der Waals surface area contributed by atoms with E-state index in [1.54, 1.807) is 31.5 Å². The molecule has 0 saturated carbocycles. The van der Waals surface area contributed by atoms with Gasteiger partial charge in [0, 0.05) is 11.8 Å². The van der Waals surface area contributed by atoms with Crippen molar-refractivity contribution in [2.75, 3.05) is 25.8 Å². The summed E-state index contributed by atoms with van der Waals surface area (Å²) in [7, 11) is 1.58. The number of nitrogens with zero attached hydrogens (tertiary/aromatic N) is 1.